The van der Waals surface area contributed by atoms with Gasteiger partial charge in [0.25, 0.3) is 10.0 Å². The van der Waals surface area contributed by atoms with Crippen LogP contribution in [0.1, 0.15) is 25.3 Å². The van der Waals surface area contributed by atoms with Crippen LogP contribution in [0.25, 0.3) is 0 Å². The third kappa shape index (κ3) is 4.36. The van der Waals surface area contributed by atoms with Crippen molar-refractivity contribution in [3.8, 4) is 0 Å². The molecule has 0 bridgehead atoms. The highest BCUT2D eigenvalue weighted by Crippen LogP contribution is 2.31. The Labute approximate surface area is 166 Å². The highest BCUT2D eigenvalue weighted by atomic mass is 79.9. The lowest BCUT2D eigenvalue weighted by Crippen LogP contribution is -2.43. The first-order chi connectivity index (χ1) is 12.4. The molecule has 1 amide bonds. The van der Waals surface area contributed by atoms with Crippen molar-refractivity contribution in [2.24, 2.45) is 5.92 Å². The second kappa shape index (κ2) is 8.21. The van der Waals surface area contributed by atoms with Crippen molar-refractivity contribution >= 4 is 48.9 Å². The molecule has 8 heteroatoms. The molecule has 1 N–H and O–H groups in total. The molecule has 1 saturated heterocycles. The van der Waals surface area contributed by atoms with Crippen molar-refractivity contribution in [3.05, 3.63) is 45.7 Å². The van der Waals surface area contributed by atoms with Gasteiger partial charge in [0.1, 0.15) is 4.21 Å². The van der Waals surface area contributed by atoms with Crippen LogP contribution in [-0.4, -0.2) is 31.7 Å². The van der Waals surface area contributed by atoms with Crippen LogP contribution in [0.3, 0.4) is 0 Å². The van der Waals surface area contributed by atoms with Gasteiger partial charge in [-0.15, -0.1) is 11.3 Å². The van der Waals surface area contributed by atoms with Crippen LogP contribution in [0.2, 0.25) is 0 Å². The number of piperidine rings is 1. The second-order valence-electron chi connectivity index (χ2n) is 6.30. The maximum absolute atomic E-state index is 12.8. The second-order valence-corrected chi connectivity index (χ2v) is 10.9. The van der Waals surface area contributed by atoms with Crippen molar-refractivity contribution in [1.29, 1.82) is 0 Å². The molecule has 2 aromatic rings. The predicted octanol–water partition coefficient (Wildman–Crippen LogP) is 4.11. The topological polar surface area (TPSA) is 66.5 Å². The Balaban J connectivity index is 1.70. The first-order valence-corrected chi connectivity index (χ1v) is 11.6. The Bertz CT molecular complexity index is 895. The Hall–Kier alpha value is -1.22. The average molecular weight is 457 g/mol. The number of benzene rings is 1. The van der Waals surface area contributed by atoms with Crippen LogP contribution in [0.15, 0.2) is 44.4 Å². The number of halogens is 1. The van der Waals surface area contributed by atoms with Crippen molar-refractivity contribution in [3.63, 3.8) is 0 Å². The molecule has 2 heterocycles. The maximum Gasteiger partial charge on any atom is 0.252 e. The summed E-state index contributed by atoms with van der Waals surface area (Å²) in [6.45, 7) is 2.73. The van der Waals surface area contributed by atoms with Crippen LogP contribution >= 0.6 is 27.3 Å². The molecule has 1 aromatic carbocycles. The summed E-state index contributed by atoms with van der Waals surface area (Å²) in [6.07, 6.45) is 2.27. The molecule has 0 spiro atoms. The van der Waals surface area contributed by atoms with Gasteiger partial charge in [-0.2, -0.15) is 4.31 Å². The van der Waals surface area contributed by atoms with Gasteiger partial charge in [0, 0.05) is 18.8 Å². The van der Waals surface area contributed by atoms with Gasteiger partial charge in [0.2, 0.25) is 5.91 Å². The minimum atomic E-state index is -3.55. The highest BCUT2D eigenvalue weighted by molar-refractivity contribution is 9.11. The van der Waals surface area contributed by atoms with Crippen LogP contribution in [0.4, 0.5) is 5.69 Å². The predicted molar refractivity (Wildman–Crippen MR) is 108 cm³/mol. The first kappa shape index (κ1) is 19.5. The number of thiophene rings is 1. The number of rotatable bonds is 5. The van der Waals surface area contributed by atoms with E-state index in [0.29, 0.717) is 23.6 Å². The van der Waals surface area contributed by atoms with Gasteiger partial charge in [-0.1, -0.05) is 19.1 Å². The molecule has 1 unspecified atom stereocenters. The molecule has 1 aromatic heterocycles. The largest absolute Gasteiger partial charge is 0.326 e. The van der Waals surface area contributed by atoms with E-state index in [2.05, 4.69) is 28.2 Å². The molecular weight excluding hydrogens is 436 g/mol. The number of hydrogen-bond donors (Lipinski definition) is 1. The lowest BCUT2D eigenvalue weighted by Gasteiger charge is -2.30. The van der Waals surface area contributed by atoms with Gasteiger partial charge in [-0.05, 0) is 65.0 Å². The van der Waals surface area contributed by atoms with Crippen LogP contribution in [0.5, 0.6) is 0 Å². The number of carbonyl (C=O) groups excluding carboxylic acids is 1. The maximum atomic E-state index is 12.8. The average Bonchev–Trinajstić information content (AvgIpc) is 3.09. The first-order valence-electron chi connectivity index (χ1n) is 8.55. The minimum Gasteiger partial charge on any atom is -0.326 e. The lowest BCUT2D eigenvalue weighted by molar-refractivity contribution is -0.120. The Morgan fingerprint density at radius 1 is 1.35 bits per heavy atom. The van der Waals surface area contributed by atoms with Gasteiger partial charge < -0.3 is 5.32 Å². The summed E-state index contributed by atoms with van der Waals surface area (Å²) < 4.78 is 28.1. The molecule has 26 heavy (non-hydrogen) atoms. The van der Waals surface area contributed by atoms with E-state index < -0.39 is 10.0 Å². The molecule has 3 rings (SSSR count). The zero-order chi connectivity index (χ0) is 18.7. The fraction of sp³-hybridized carbons (Fsp3) is 0.389. The lowest BCUT2D eigenvalue weighted by atomic mass is 9.98. The summed E-state index contributed by atoms with van der Waals surface area (Å²) >= 11 is 4.50. The van der Waals surface area contributed by atoms with E-state index in [1.54, 1.807) is 12.1 Å². The van der Waals surface area contributed by atoms with E-state index >= 15 is 0 Å². The number of nitrogens with zero attached hydrogens (tertiary/aromatic N) is 1. The molecule has 1 aliphatic heterocycles. The molecule has 1 aliphatic rings. The van der Waals surface area contributed by atoms with E-state index in [4.69, 9.17) is 0 Å². The van der Waals surface area contributed by atoms with Crippen LogP contribution in [-0.2, 0) is 21.2 Å². The van der Waals surface area contributed by atoms with E-state index in [-0.39, 0.29) is 18.4 Å². The zero-order valence-corrected chi connectivity index (χ0v) is 17.7. The fourth-order valence-corrected chi connectivity index (χ4v) is 6.74. The summed E-state index contributed by atoms with van der Waals surface area (Å²) in [6, 6.07) is 11.1. The number of hydrogen-bond acceptors (Lipinski definition) is 4. The molecule has 0 radical (unpaired) electrons. The van der Waals surface area contributed by atoms with Gasteiger partial charge in [-0.25, -0.2) is 8.42 Å². The number of anilines is 1. The molecular formula is C18H21BrN2O3S2. The minimum absolute atomic E-state index is 0.120. The summed E-state index contributed by atoms with van der Waals surface area (Å²) in [5.74, 6) is -0.460. The SMILES string of the molecule is CCc1cccc(NC(=O)C2CCCN(S(=O)(=O)c3ccc(Br)s3)C2)c1. The number of sulfonamides is 1. The van der Waals surface area contributed by atoms with Gasteiger partial charge >= 0.3 is 0 Å². The molecule has 0 saturated carbocycles. The molecule has 140 valence electrons. The smallest absolute Gasteiger partial charge is 0.252 e. The summed E-state index contributed by atoms with van der Waals surface area (Å²) in [5, 5.41) is 2.94. The molecule has 0 aliphatic carbocycles. The van der Waals surface area contributed by atoms with Crippen molar-refractivity contribution < 1.29 is 13.2 Å². The summed E-state index contributed by atoms with van der Waals surface area (Å²) in [7, 11) is -3.55. The van der Waals surface area contributed by atoms with E-state index in [0.717, 1.165) is 21.5 Å². The van der Waals surface area contributed by atoms with Gasteiger partial charge in [0.15, 0.2) is 0 Å². The Kier molecular flexibility index (Phi) is 6.17. The quantitative estimate of drug-likeness (QED) is 0.735. The van der Waals surface area contributed by atoms with E-state index in [1.165, 1.54) is 15.6 Å². The molecule has 1 atom stereocenters. The summed E-state index contributed by atoms with van der Waals surface area (Å²) in [5.41, 5.74) is 1.91. The Morgan fingerprint density at radius 2 is 2.15 bits per heavy atom. The molecule has 1 fully saturated rings. The normalized spacial score (nSPS) is 18.6. The number of nitrogens with one attached hydrogen (secondary N) is 1. The monoisotopic (exact) mass is 456 g/mol. The van der Waals surface area contributed by atoms with Crippen molar-refractivity contribution in [1.82, 2.24) is 4.31 Å². The zero-order valence-electron chi connectivity index (χ0n) is 14.4. The van der Waals surface area contributed by atoms with Crippen LogP contribution in [0, 0.1) is 5.92 Å². The number of amides is 1. The fourth-order valence-electron chi connectivity index (χ4n) is 3.05. The van der Waals surface area contributed by atoms with Crippen LogP contribution < -0.4 is 5.32 Å². The van der Waals surface area contributed by atoms with E-state index in [9.17, 15) is 13.2 Å². The molecule has 5 nitrogen and oxygen atoms in total. The van der Waals surface area contributed by atoms with Crippen molar-refractivity contribution in [2.75, 3.05) is 18.4 Å². The Morgan fingerprint density at radius 3 is 2.85 bits per heavy atom. The highest BCUT2D eigenvalue weighted by Gasteiger charge is 2.34. The summed E-state index contributed by atoms with van der Waals surface area (Å²) in [4.78, 5) is 12.6. The van der Waals surface area contributed by atoms with Gasteiger partial charge in [-0.3, -0.25) is 4.79 Å². The van der Waals surface area contributed by atoms with Crippen molar-refractivity contribution in [2.45, 2.75) is 30.4 Å². The standard InChI is InChI=1S/C18H21BrN2O3S2/c1-2-13-5-3-7-15(11-13)20-18(22)14-6-4-10-21(12-14)26(23,24)17-9-8-16(19)25-17/h3,5,7-9,11,14H,2,4,6,10,12H2,1H3,(H,20,22). The number of carbonyl (C=O) groups is 1. The number of aryl methyl sites for hydroxylation is 1. The van der Waals surface area contributed by atoms with E-state index in [1.807, 2.05) is 24.3 Å². The third-order valence-corrected chi connectivity index (χ3v) is 8.46. The third-order valence-electron chi connectivity index (χ3n) is 4.50. The van der Waals surface area contributed by atoms with Gasteiger partial charge in [0.05, 0.1) is 9.70 Å².